The zero-order chi connectivity index (χ0) is 7.40. The van der Waals surface area contributed by atoms with E-state index in [0.717, 1.165) is 10.2 Å². The van der Waals surface area contributed by atoms with Crippen molar-refractivity contribution in [2.45, 2.75) is 6.92 Å². The van der Waals surface area contributed by atoms with Gasteiger partial charge in [0.2, 0.25) is 0 Å². The maximum absolute atomic E-state index is 2.23. The summed E-state index contributed by atoms with van der Waals surface area (Å²) in [6.07, 6.45) is 2.23. The van der Waals surface area contributed by atoms with Crippen molar-refractivity contribution in [1.82, 2.24) is 0 Å². The van der Waals surface area contributed by atoms with E-state index in [1.165, 1.54) is 10.8 Å². The lowest BCUT2D eigenvalue weighted by molar-refractivity contribution is 1.62. The lowest BCUT2D eigenvalue weighted by Gasteiger charge is -1.91. The lowest BCUT2D eigenvalue weighted by Crippen LogP contribution is -1.73. The van der Waals surface area contributed by atoms with Gasteiger partial charge >= 0.3 is 0 Å². The highest BCUT2D eigenvalue weighted by molar-refractivity contribution is 6.23. The van der Waals surface area contributed by atoms with Crippen molar-refractivity contribution in [2.24, 2.45) is 0 Å². The van der Waals surface area contributed by atoms with E-state index in [2.05, 4.69) is 37.3 Å². The Morgan fingerprint density at radius 3 is 2.40 bits per heavy atom. The van der Waals surface area contributed by atoms with Gasteiger partial charge in [0.1, 0.15) is 0 Å². The van der Waals surface area contributed by atoms with Gasteiger partial charge in [-0.25, -0.2) is 0 Å². The molecule has 52 valence electrons. The third-order valence-corrected chi connectivity index (χ3v) is 1.54. The molecule has 0 fully saturated rings. The van der Waals surface area contributed by atoms with Crippen LogP contribution >= 0.6 is 0 Å². The molecule has 0 saturated heterocycles. The smallest absolute Gasteiger partial charge is 0.0329 e. The summed E-state index contributed by atoms with van der Waals surface area (Å²) in [4.78, 5) is 0. The summed E-state index contributed by atoms with van der Waals surface area (Å²) in [5.74, 6) is 0. The summed E-state index contributed by atoms with van der Waals surface area (Å²) in [5.41, 5.74) is 1.31. The molecule has 0 saturated carbocycles. The van der Waals surface area contributed by atoms with Crippen molar-refractivity contribution < 1.29 is 0 Å². The molecule has 1 rings (SSSR count). The second kappa shape index (κ2) is 3.37. The first-order valence-corrected chi connectivity index (χ1v) is 4.49. The number of allylic oxidation sites excluding steroid dienone is 1. The average Bonchev–Trinajstić information content (AvgIpc) is 1.88. The van der Waals surface area contributed by atoms with Crippen LogP contribution in [0.25, 0.3) is 6.08 Å². The Kier molecular flexibility index (Phi) is 2.46. The van der Waals surface area contributed by atoms with Gasteiger partial charge in [-0.05, 0) is 12.5 Å². The molecule has 0 spiro atoms. The monoisotopic (exact) mass is 148 g/mol. The van der Waals surface area contributed by atoms with Crippen LogP contribution in [0, 0.1) is 0 Å². The third kappa shape index (κ3) is 2.19. The van der Waals surface area contributed by atoms with Crippen molar-refractivity contribution in [3.05, 3.63) is 41.1 Å². The minimum absolute atomic E-state index is 1.16. The first-order chi connectivity index (χ1) is 4.79. The van der Waals surface area contributed by atoms with Crippen molar-refractivity contribution >= 4 is 16.3 Å². The Labute approximate surface area is 65.0 Å². The van der Waals surface area contributed by atoms with Crippen LogP contribution < -0.4 is 0 Å². The van der Waals surface area contributed by atoms with Gasteiger partial charge in [-0.3, -0.25) is 0 Å². The van der Waals surface area contributed by atoms with Crippen LogP contribution in [0.4, 0.5) is 0 Å². The summed E-state index contributed by atoms with van der Waals surface area (Å²) < 4.78 is 0. The number of hydrogen-bond acceptors (Lipinski definition) is 0. The van der Waals surface area contributed by atoms with E-state index in [-0.39, 0.29) is 0 Å². The molecule has 10 heavy (non-hydrogen) atoms. The van der Waals surface area contributed by atoms with Crippen molar-refractivity contribution in [2.75, 3.05) is 0 Å². The molecule has 0 amide bonds. The first-order valence-electron chi connectivity index (χ1n) is 3.49. The highest BCUT2D eigenvalue weighted by Crippen LogP contribution is 2.02. The van der Waals surface area contributed by atoms with Gasteiger partial charge in [-0.15, -0.1) is 0 Å². The second-order valence-corrected chi connectivity index (χ2v) is 4.21. The quantitative estimate of drug-likeness (QED) is 0.528. The molecule has 0 nitrogen and oxygen atoms in total. The molecule has 0 unspecified atom stereocenters. The Hall–Kier alpha value is -0.823. The van der Waals surface area contributed by atoms with E-state index < -0.39 is 0 Å². The molecule has 0 bridgehead atoms. The van der Waals surface area contributed by atoms with Crippen molar-refractivity contribution in [3.8, 4) is 0 Å². The summed E-state index contributed by atoms with van der Waals surface area (Å²) >= 11 is 0. The molecule has 0 aliphatic carbocycles. The van der Waals surface area contributed by atoms with Crippen molar-refractivity contribution in [3.63, 3.8) is 0 Å². The Morgan fingerprint density at radius 2 is 1.90 bits per heavy atom. The summed E-state index contributed by atoms with van der Waals surface area (Å²) in [7, 11) is 1.16. The van der Waals surface area contributed by atoms with Crippen LogP contribution in [-0.2, 0) is 0 Å². The summed E-state index contributed by atoms with van der Waals surface area (Å²) in [6, 6.07) is 10.4. The SMILES string of the molecule is CC([SiH3])=Cc1ccccc1. The standard InChI is InChI=1S/C9H12Si/c1-8(10)7-9-5-3-2-4-6-9/h2-7H,1,10H3. The molecule has 1 aromatic rings. The molecule has 0 aromatic heterocycles. The maximum atomic E-state index is 2.23. The highest BCUT2D eigenvalue weighted by Gasteiger charge is 1.82. The van der Waals surface area contributed by atoms with Crippen LogP contribution in [0.2, 0.25) is 0 Å². The molecule has 0 radical (unpaired) electrons. The molecule has 0 N–H and O–H groups in total. The van der Waals surface area contributed by atoms with Gasteiger partial charge in [-0.1, -0.05) is 41.6 Å². The number of hydrogen-bond donors (Lipinski definition) is 0. The minimum Gasteiger partial charge on any atom is -0.0942 e. The number of rotatable bonds is 1. The fourth-order valence-electron chi connectivity index (χ4n) is 0.883. The van der Waals surface area contributed by atoms with Crippen LogP contribution in [-0.4, -0.2) is 10.2 Å². The van der Waals surface area contributed by atoms with E-state index in [1.54, 1.807) is 0 Å². The van der Waals surface area contributed by atoms with Crippen LogP contribution in [0.1, 0.15) is 12.5 Å². The Balaban J connectivity index is 2.87. The molecule has 0 heterocycles. The fraction of sp³-hybridized carbons (Fsp3) is 0.111. The lowest BCUT2D eigenvalue weighted by atomic mass is 10.2. The molecule has 0 aliphatic rings. The van der Waals surface area contributed by atoms with Gasteiger partial charge in [0.05, 0.1) is 0 Å². The maximum Gasteiger partial charge on any atom is 0.0329 e. The normalized spacial score (nSPS) is 11.9. The Bertz CT molecular complexity index is 220. The van der Waals surface area contributed by atoms with Crippen LogP contribution in [0.15, 0.2) is 35.5 Å². The highest BCUT2D eigenvalue weighted by atomic mass is 28.1. The van der Waals surface area contributed by atoms with Gasteiger partial charge in [0.15, 0.2) is 0 Å². The summed E-state index contributed by atoms with van der Waals surface area (Å²) in [5, 5.41) is 1.48. The molecule has 1 heteroatoms. The predicted octanol–water partition coefficient (Wildman–Crippen LogP) is 1.41. The topological polar surface area (TPSA) is 0 Å². The van der Waals surface area contributed by atoms with Crippen molar-refractivity contribution in [1.29, 1.82) is 0 Å². The van der Waals surface area contributed by atoms with Crippen LogP contribution in [0.5, 0.6) is 0 Å². The number of benzene rings is 1. The average molecular weight is 148 g/mol. The molecule has 1 aromatic carbocycles. The van der Waals surface area contributed by atoms with Crippen LogP contribution in [0.3, 0.4) is 0 Å². The van der Waals surface area contributed by atoms with E-state index >= 15 is 0 Å². The van der Waals surface area contributed by atoms with E-state index in [1.807, 2.05) is 6.07 Å². The zero-order valence-corrected chi connectivity index (χ0v) is 8.46. The first kappa shape index (κ1) is 7.29. The summed E-state index contributed by atoms with van der Waals surface area (Å²) in [6.45, 7) is 2.17. The van der Waals surface area contributed by atoms with Gasteiger partial charge < -0.3 is 0 Å². The molecular weight excluding hydrogens is 136 g/mol. The fourth-order valence-corrected chi connectivity index (χ4v) is 1.22. The Morgan fingerprint density at radius 1 is 1.30 bits per heavy atom. The minimum atomic E-state index is 1.16. The molecular formula is C9H12Si. The van der Waals surface area contributed by atoms with Gasteiger partial charge in [0, 0.05) is 10.2 Å². The van der Waals surface area contributed by atoms with E-state index in [9.17, 15) is 0 Å². The van der Waals surface area contributed by atoms with E-state index in [4.69, 9.17) is 0 Å². The predicted molar refractivity (Wildman–Crippen MR) is 50.0 cm³/mol. The third-order valence-electron chi connectivity index (χ3n) is 1.25. The van der Waals surface area contributed by atoms with Gasteiger partial charge in [-0.2, -0.15) is 0 Å². The largest absolute Gasteiger partial charge is 0.0942 e. The molecule has 0 aliphatic heterocycles. The zero-order valence-electron chi connectivity index (χ0n) is 6.46. The van der Waals surface area contributed by atoms with Gasteiger partial charge in [0.25, 0.3) is 0 Å². The second-order valence-electron chi connectivity index (χ2n) is 2.63. The molecule has 0 atom stereocenters. The van der Waals surface area contributed by atoms with E-state index in [0.29, 0.717) is 0 Å².